The molecule has 0 saturated carbocycles. The van der Waals surface area contributed by atoms with Crippen LogP contribution in [-0.2, 0) is 17.8 Å². The quantitative estimate of drug-likeness (QED) is 0.464. The Morgan fingerprint density at radius 2 is 2.19 bits per heavy atom. The van der Waals surface area contributed by atoms with Crippen LogP contribution in [0.2, 0.25) is 0 Å². The van der Waals surface area contributed by atoms with Gasteiger partial charge in [-0.1, -0.05) is 0 Å². The number of thiazole rings is 1. The number of allylic oxidation sites excluding steroid dienone is 1. The zero-order valence-corrected chi connectivity index (χ0v) is 17.7. The summed E-state index contributed by atoms with van der Waals surface area (Å²) in [5, 5.41) is 17.6. The Morgan fingerprint density at radius 1 is 1.32 bits per heavy atom. The number of rotatable bonds is 5. The Balaban J connectivity index is 1.39. The summed E-state index contributed by atoms with van der Waals surface area (Å²) in [6.45, 7) is 2.76. The molecule has 5 heterocycles. The molecule has 160 valence electrons. The van der Waals surface area contributed by atoms with Gasteiger partial charge in [-0.2, -0.15) is 10.2 Å². The van der Waals surface area contributed by atoms with E-state index in [1.807, 2.05) is 24.0 Å². The fraction of sp³-hybridized carbons (Fsp3) is 0.300. The van der Waals surface area contributed by atoms with Gasteiger partial charge in [0.05, 0.1) is 41.1 Å². The van der Waals surface area contributed by atoms with Crippen molar-refractivity contribution in [1.29, 1.82) is 0 Å². The maximum Gasteiger partial charge on any atom is 0.260 e. The Hall–Kier alpha value is -3.44. The predicted octanol–water partition coefficient (Wildman–Crippen LogP) is 0.727. The molecule has 11 heteroatoms. The molecule has 0 aliphatic carbocycles. The molecule has 0 radical (unpaired) electrons. The van der Waals surface area contributed by atoms with Gasteiger partial charge < -0.3 is 21.7 Å². The minimum Gasteiger partial charge on any atom is -0.381 e. The topological polar surface area (TPSA) is 131 Å². The lowest BCUT2D eigenvalue weighted by molar-refractivity contribution is -0.118. The molecular weight excluding hydrogens is 416 g/mol. The predicted molar refractivity (Wildman–Crippen MR) is 116 cm³/mol. The van der Waals surface area contributed by atoms with E-state index in [0.717, 1.165) is 34.7 Å². The first-order chi connectivity index (χ1) is 15.0. The number of nitrogens with two attached hydrogens (primary N) is 1. The molecule has 2 aliphatic rings. The highest BCUT2D eigenvalue weighted by Crippen LogP contribution is 2.34. The standard InChI is InChI=1S/C20H22N8O2S/c1-11-15(5-12(7-22-11)25-18(29)6-21)26-19(30)14-9-24-28-10-17(31-20(14)28)13-8-23-27-4-2-3-16(13)27/h5,7-11,22H,2-4,6,21H2,1H3,(H,25,29)(H,26,30). The van der Waals surface area contributed by atoms with E-state index in [1.54, 1.807) is 23.0 Å². The number of carbonyl (C=O) groups is 2. The van der Waals surface area contributed by atoms with E-state index in [1.165, 1.54) is 17.0 Å². The number of nitrogens with zero attached hydrogens (tertiary/aromatic N) is 4. The first-order valence-corrected chi connectivity index (χ1v) is 10.9. The van der Waals surface area contributed by atoms with Crippen LogP contribution >= 0.6 is 11.3 Å². The summed E-state index contributed by atoms with van der Waals surface area (Å²) >= 11 is 1.53. The molecular formula is C20H22N8O2S. The van der Waals surface area contributed by atoms with Gasteiger partial charge in [-0.15, -0.1) is 11.3 Å². The van der Waals surface area contributed by atoms with Crippen LogP contribution in [0.1, 0.15) is 29.4 Å². The van der Waals surface area contributed by atoms with Gasteiger partial charge in [0.2, 0.25) is 5.91 Å². The maximum absolute atomic E-state index is 13.0. The van der Waals surface area contributed by atoms with Crippen LogP contribution in [0.3, 0.4) is 0 Å². The maximum atomic E-state index is 13.0. The lowest BCUT2D eigenvalue weighted by Crippen LogP contribution is -2.39. The Kier molecular flexibility index (Phi) is 4.83. The highest BCUT2D eigenvalue weighted by atomic mass is 32.1. The van der Waals surface area contributed by atoms with Crippen molar-refractivity contribution in [2.24, 2.45) is 5.73 Å². The van der Waals surface area contributed by atoms with E-state index in [9.17, 15) is 9.59 Å². The van der Waals surface area contributed by atoms with Crippen LogP contribution in [0.25, 0.3) is 15.3 Å². The smallest absolute Gasteiger partial charge is 0.260 e. The molecule has 1 atom stereocenters. The number of hydrogen-bond acceptors (Lipinski definition) is 7. The lowest BCUT2D eigenvalue weighted by atomic mass is 10.1. The van der Waals surface area contributed by atoms with E-state index in [2.05, 4.69) is 26.1 Å². The summed E-state index contributed by atoms with van der Waals surface area (Å²) in [6, 6.07) is -0.123. The summed E-state index contributed by atoms with van der Waals surface area (Å²) in [6.07, 6.45) is 10.9. The van der Waals surface area contributed by atoms with Gasteiger partial charge >= 0.3 is 0 Å². The van der Waals surface area contributed by atoms with Crippen molar-refractivity contribution < 1.29 is 9.59 Å². The first kappa shape index (κ1) is 19.5. The monoisotopic (exact) mass is 438 g/mol. The zero-order valence-electron chi connectivity index (χ0n) is 16.9. The van der Waals surface area contributed by atoms with Gasteiger partial charge in [0.1, 0.15) is 4.83 Å². The van der Waals surface area contributed by atoms with Crippen LogP contribution in [0.4, 0.5) is 0 Å². The molecule has 0 saturated heterocycles. The van der Waals surface area contributed by atoms with Gasteiger partial charge in [0.25, 0.3) is 5.91 Å². The van der Waals surface area contributed by atoms with Crippen molar-refractivity contribution in [3.8, 4) is 10.4 Å². The van der Waals surface area contributed by atoms with Crippen molar-refractivity contribution in [3.63, 3.8) is 0 Å². The number of carbonyl (C=O) groups excluding carboxylic acids is 2. The van der Waals surface area contributed by atoms with Crippen LogP contribution < -0.4 is 21.7 Å². The number of aryl methyl sites for hydroxylation is 1. The molecule has 10 nitrogen and oxygen atoms in total. The summed E-state index contributed by atoms with van der Waals surface area (Å²) < 4.78 is 3.78. The minimum absolute atomic E-state index is 0.113. The largest absolute Gasteiger partial charge is 0.381 e. The number of fused-ring (bicyclic) bond motifs is 2. The van der Waals surface area contributed by atoms with Crippen molar-refractivity contribution in [2.45, 2.75) is 32.4 Å². The molecule has 3 aromatic rings. The van der Waals surface area contributed by atoms with Crippen LogP contribution in [-0.4, -0.2) is 43.8 Å². The summed E-state index contributed by atoms with van der Waals surface area (Å²) in [5.41, 5.74) is 9.38. The van der Waals surface area contributed by atoms with Crippen LogP contribution in [0.5, 0.6) is 0 Å². The van der Waals surface area contributed by atoms with E-state index >= 15 is 0 Å². The average molecular weight is 439 g/mol. The van der Waals surface area contributed by atoms with Crippen LogP contribution in [0, 0.1) is 0 Å². The van der Waals surface area contributed by atoms with Crippen molar-refractivity contribution >= 4 is 28.0 Å². The van der Waals surface area contributed by atoms with Gasteiger partial charge in [-0.3, -0.25) is 14.3 Å². The normalized spacial score (nSPS) is 17.7. The first-order valence-electron chi connectivity index (χ1n) is 10.0. The molecule has 5 N–H and O–H groups in total. The van der Waals surface area contributed by atoms with Gasteiger partial charge in [0, 0.05) is 35.9 Å². The van der Waals surface area contributed by atoms with Crippen molar-refractivity contribution in [2.75, 3.05) is 6.54 Å². The molecule has 5 rings (SSSR count). The number of nitrogens with one attached hydrogen (secondary N) is 3. The van der Waals surface area contributed by atoms with E-state index in [0.29, 0.717) is 17.0 Å². The SMILES string of the molecule is CC1NC=C(NC(=O)CN)C=C1NC(=O)c1cnn2cc(-c3cnn4c3CCC4)sc12. The van der Waals surface area contributed by atoms with E-state index in [4.69, 9.17) is 5.73 Å². The molecule has 0 fully saturated rings. The highest BCUT2D eigenvalue weighted by molar-refractivity contribution is 7.21. The van der Waals surface area contributed by atoms with Crippen molar-refractivity contribution in [3.05, 3.63) is 53.5 Å². The molecule has 3 aromatic heterocycles. The second-order valence-corrected chi connectivity index (χ2v) is 8.56. The van der Waals surface area contributed by atoms with Gasteiger partial charge in [-0.25, -0.2) is 4.52 Å². The molecule has 0 spiro atoms. The third-order valence-corrected chi connectivity index (χ3v) is 6.58. The molecule has 0 aromatic carbocycles. The van der Waals surface area contributed by atoms with Gasteiger partial charge in [0.15, 0.2) is 0 Å². The van der Waals surface area contributed by atoms with E-state index in [-0.39, 0.29) is 24.4 Å². The Morgan fingerprint density at radius 3 is 3.03 bits per heavy atom. The zero-order chi connectivity index (χ0) is 21.5. The molecule has 0 bridgehead atoms. The second kappa shape index (κ2) is 7.67. The molecule has 31 heavy (non-hydrogen) atoms. The third kappa shape index (κ3) is 3.51. The fourth-order valence-electron chi connectivity index (χ4n) is 3.80. The number of hydrogen-bond donors (Lipinski definition) is 4. The van der Waals surface area contributed by atoms with Gasteiger partial charge in [-0.05, 0) is 25.8 Å². The third-order valence-electron chi connectivity index (χ3n) is 5.43. The lowest BCUT2D eigenvalue weighted by Gasteiger charge is -2.23. The second-order valence-electron chi connectivity index (χ2n) is 7.53. The molecule has 2 aliphatic heterocycles. The Bertz CT molecular complexity index is 1250. The number of amides is 2. The van der Waals surface area contributed by atoms with Crippen LogP contribution in [0.15, 0.2) is 42.3 Å². The summed E-state index contributed by atoms with van der Waals surface area (Å²) in [5.74, 6) is -0.560. The highest BCUT2D eigenvalue weighted by Gasteiger charge is 2.23. The molecule has 1 unspecified atom stereocenters. The minimum atomic E-state index is -0.305. The van der Waals surface area contributed by atoms with Crippen molar-refractivity contribution in [1.82, 2.24) is 35.3 Å². The summed E-state index contributed by atoms with van der Waals surface area (Å²) in [4.78, 5) is 26.4. The summed E-state index contributed by atoms with van der Waals surface area (Å²) in [7, 11) is 0. The average Bonchev–Trinajstić information content (AvgIpc) is 3.50. The number of aromatic nitrogens is 4. The van der Waals surface area contributed by atoms with E-state index < -0.39 is 0 Å². The number of dihydropyridines is 1. The Labute approximate surface area is 181 Å². The molecule has 2 amide bonds. The fourth-order valence-corrected chi connectivity index (χ4v) is 4.89.